The predicted molar refractivity (Wildman–Crippen MR) is 94.2 cm³/mol. The van der Waals surface area contributed by atoms with E-state index < -0.39 is 0 Å². The van der Waals surface area contributed by atoms with Gasteiger partial charge in [-0.05, 0) is 24.5 Å². The Balaban J connectivity index is 1.97. The van der Waals surface area contributed by atoms with Gasteiger partial charge in [0.15, 0.2) is 0 Å². The molecular formula is C18H26N4O3. The van der Waals surface area contributed by atoms with Gasteiger partial charge in [-0.25, -0.2) is 0 Å². The number of aromatic nitrogens is 1. The second kappa shape index (κ2) is 8.60. The van der Waals surface area contributed by atoms with Crippen LogP contribution in [0.2, 0.25) is 0 Å². The number of hydrogen-bond acceptors (Lipinski definition) is 4. The lowest BCUT2D eigenvalue weighted by atomic mass is 10.1. The molecule has 136 valence electrons. The molecule has 1 saturated heterocycles. The van der Waals surface area contributed by atoms with Gasteiger partial charge in [-0.3, -0.25) is 19.4 Å². The van der Waals surface area contributed by atoms with Crippen LogP contribution in [0.5, 0.6) is 0 Å². The average molecular weight is 346 g/mol. The first-order valence-electron chi connectivity index (χ1n) is 8.67. The van der Waals surface area contributed by atoms with Crippen molar-refractivity contribution in [2.24, 2.45) is 5.92 Å². The zero-order valence-electron chi connectivity index (χ0n) is 15.1. The van der Waals surface area contributed by atoms with Crippen molar-refractivity contribution in [1.82, 2.24) is 20.1 Å². The van der Waals surface area contributed by atoms with Gasteiger partial charge in [-0.1, -0.05) is 13.8 Å². The monoisotopic (exact) mass is 346 g/mol. The van der Waals surface area contributed by atoms with E-state index in [2.05, 4.69) is 24.1 Å². The quantitative estimate of drug-likeness (QED) is 0.867. The summed E-state index contributed by atoms with van der Waals surface area (Å²) in [5.74, 6) is 0.129. The summed E-state index contributed by atoms with van der Waals surface area (Å²) in [6.45, 7) is 8.37. The van der Waals surface area contributed by atoms with Crippen LogP contribution in [-0.4, -0.2) is 65.2 Å². The minimum absolute atomic E-state index is 0.0244. The predicted octanol–water partition coefficient (Wildman–Crippen LogP) is 1.16. The van der Waals surface area contributed by atoms with Crippen molar-refractivity contribution in [2.45, 2.75) is 27.2 Å². The summed E-state index contributed by atoms with van der Waals surface area (Å²) < 4.78 is 0. The van der Waals surface area contributed by atoms with Crippen molar-refractivity contribution < 1.29 is 14.4 Å². The highest BCUT2D eigenvalue weighted by molar-refractivity contribution is 5.98. The van der Waals surface area contributed by atoms with Gasteiger partial charge in [0.25, 0.3) is 11.8 Å². The number of rotatable bonds is 5. The molecule has 0 radical (unpaired) electrons. The lowest BCUT2D eigenvalue weighted by Crippen LogP contribution is -2.50. The van der Waals surface area contributed by atoms with Crippen LogP contribution < -0.4 is 5.32 Å². The molecule has 0 aromatic carbocycles. The highest BCUT2D eigenvalue weighted by Crippen LogP contribution is 2.10. The zero-order chi connectivity index (χ0) is 18.4. The highest BCUT2D eigenvalue weighted by Gasteiger charge is 2.23. The van der Waals surface area contributed by atoms with Crippen LogP contribution in [0, 0.1) is 5.92 Å². The van der Waals surface area contributed by atoms with Crippen molar-refractivity contribution in [3.8, 4) is 0 Å². The molecule has 1 aliphatic heterocycles. The standard InChI is InChI=1S/C18H26N4O3/c1-13(2)4-6-20-17(24)16-12-15(5-7-19-16)18(25)22-10-8-21(9-11-22)14(3)23/h5,7,12-13H,4,6,8-11H2,1-3H3,(H,20,24). The van der Waals surface area contributed by atoms with Crippen LogP contribution >= 0.6 is 0 Å². The van der Waals surface area contributed by atoms with E-state index in [9.17, 15) is 14.4 Å². The molecule has 0 atom stereocenters. The van der Waals surface area contributed by atoms with Gasteiger partial charge < -0.3 is 15.1 Å². The van der Waals surface area contributed by atoms with E-state index in [-0.39, 0.29) is 23.4 Å². The Hall–Kier alpha value is -2.44. The summed E-state index contributed by atoms with van der Waals surface area (Å²) in [5, 5.41) is 2.82. The van der Waals surface area contributed by atoms with E-state index in [0.29, 0.717) is 44.2 Å². The zero-order valence-corrected chi connectivity index (χ0v) is 15.1. The molecule has 0 saturated carbocycles. The van der Waals surface area contributed by atoms with Crippen LogP contribution in [0.15, 0.2) is 18.3 Å². The first-order chi connectivity index (χ1) is 11.9. The maximum Gasteiger partial charge on any atom is 0.269 e. The van der Waals surface area contributed by atoms with Crippen LogP contribution in [0.3, 0.4) is 0 Å². The Bertz CT molecular complexity index is 637. The molecule has 25 heavy (non-hydrogen) atoms. The summed E-state index contributed by atoms with van der Waals surface area (Å²) in [6, 6.07) is 3.15. The Labute approximate surface area is 148 Å². The first kappa shape index (κ1) is 18.9. The van der Waals surface area contributed by atoms with Crippen molar-refractivity contribution in [3.05, 3.63) is 29.6 Å². The number of nitrogens with one attached hydrogen (secondary N) is 1. The number of carbonyl (C=O) groups is 3. The third kappa shape index (κ3) is 5.27. The molecule has 3 amide bonds. The largest absolute Gasteiger partial charge is 0.351 e. The Morgan fingerprint density at radius 2 is 1.80 bits per heavy atom. The van der Waals surface area contributed by atoms with Crippen molar-refractivity contribution in [1.29, 1.82) is 0 Å². The van der Waals surface area contributed by atoms with Gasteiger partial charge in [-0.2, -0.15) is 0 Å². The van der Waals surface area contributed by atoms with Crippen LogP contribution in [0.25, 0.3) is 0 Å². The Morgan fingerprint density at radius 1 is 1.16 bits per heavy atom. The van der Waals surface area contributed by atoms with E-state index in [4.69, 9.17) is 0 Å². The molecular weight excluding hydrogens is 320 g/mol. The fourth-order valence-corrected chi connectivity index (χ4v) is 2.66. The molecule has 1 aliphatic rings. The molecule has 2 rings (SSSR count). The van der Waals surface area contributed by atoms with Crippen molar-refractivity contribution in [3.63, 3.8) is 0 Å². The fourth-order valence-electron chi connectivity index (χ4n) is 2.66. The molecule has 1 N–H and O–H groups in total. The normalized spacial score (nSPS) is 14.6. The summed E-state index contributed by atoms with van der Waals surface area (Å²) in [6.07, 6.45) is 2.38. The van der Waals surface area contributed by atoms with Crippen LogP contribution in [0.1, 0.15) is 48.0 Å². The van der Waals surface area contributed by atoms with E-state index in [1.807, 2.05) is 0 Å². The van der Waals surface area contributed by atoms with Gasteiger partial charge >= 0.3 is 0 Å². The molecule has 1 fully saturated rings. The fraction of sp³-hybridized carbons (Fsp3) is 0.556. The van der Waals surface area contributed by atoms with E-state index in [0.717, 1.165) is 6.42 Å². The van der Waals surface area contributed by atoms with E-state index in [1.54, 1.807) is 15.9 Å². The molecule has 0 aliphatic carbocycles. The van der Waals surface area contributed by atoms with Gasteiger partial charge in [0, 0.05) is 51.4 Å². The summed E-state index contributed by atoms with van der Waals surface area (Å²) >= 11 is 0. The number of nitrogens with zero attached hydrogens (tertiary/aromatic N) is 3. The molecule has 0 spiro atoms. The molecule has 7 heteroatoms. The van der Waals surface area contributed by atoms with E-state index >= 15 is 0 Å². The molecule has 1 aromatic heterocycles. The number of hydrogen-bond donors (Lipinski definition) is 1. The summed E-state index contributed by atoms with van der Waals surface area (Å²) in [4.78, 5) is 43.6. The summed E-state index contributed by atoms with van der Waals surface area (Å²) in [5.41, 5.74) is 0.692. The molecule has 1 aromatic rings. The smallest absolute Gasteiger partial charge is 0.269 e. The lowest BCUT2D eigenvalue weighted by Gasteiger charge is -2.34. The molecule has 0 bridgehead atoms. The maximum absolute atomic E-state index is 12.6. The molecule has 2 heterocycles. The number of carbonyl (C=O) groups excluding carboxylic acids is 3. The third-order valence-corrected chi connectivity index (χ3v) is 4.26. The molecule has 0 unspecified atom stereocenters. The van der Waals surface area contributed by atoms with E-state index in [1.165, 1.54) is 19.2 Å². The van der Waals surface area contributed by atoms with Gasteiger partial charge in [0.2, 0.25) is 5.91 Å². The lowest BCUT2D eigenvalue weighted by molar-refractivity contribution is -0.130. The number of pyridine rings is 1. The second-order valence-corrected chi connectivity index (χ2v) is 6.67. The van der Waals surface area contributed by atoms with Crippen LogP contribution in [-0.2, 0) is 4.79 Å². The average Bonchev–Trinajstić information content (AvgIpc) is 2.61. The minimum atomic E-state index is -0.267. The van der Waals surface area contributed by atoms with Gasteiger partial charge in [-0.15, -0.1) is 0 Å². The van der Waals surface area contributed by atoms with Crippen molar-refractivity contribution in [2.75, 3.05) is 32.7 Å². The van der Waals surface area contributed by atoms with Crippen LogP contribution in [0.4, 0.5) is 0 Å². The number of piperazine rings is 1. The Kier molecular flexibility index (Phi) is 6.50. The third-order valence-electron chi connectivity index (χ3n) is 4.26. The van der Waals surface area contributed by atoms with Gasteiger partial charge in [0.1, 0.15) is 5.69 Å². The van der Waals surface area contributed by atoms with Crippen molar-refractivity contribution >= 4 is 17.7 Å². The summed E-state index contributed by atoms with van der Waals surface area (Å²) in [7, 11) is 0. The maximum atomic E-state index is 12.6. The Morgan fingerprint density at radius 3 is 2.40 bits per heavy atom. The highest BCUT2D eigenvalue weighted by atomic mass is 16.2. The first-order valence-corrected chi connectivity index (χ1v) is 8.67. The second-order valence-electron chi connectivity index (χ2n) is 6.67. The number of amides is 3. The molecule has 7 nitrogen and oxygen atoms in total. The SMILES string of the molecule is CC(=O)N1CCN(C(=O)c2ccnc(C(=O)NCCC(C)C)c2)CC1. The topological polar surface area (TPSA) is 82.6 Å². The van der Waals surface area contributed by atoms with Gasteiger partial charge in [0.05, 0.1) is 0 Å². The minimum Gasteiger partial charge on any atom is -0.351 e.